The number of methoxy groups -OCH3 is 1. The molecule has 78 valence electrons. The van der Waals surface area contributed by atoms with Crippen molar-refractivity contribution in [3.8, 4) is 5.75 Å². The Bertz CT molecular complexity index is 494. The number of nitrogens with zero attached hydrogens (tertiary/aromatic N) is 1. The van der Waals surface area contributed by atoms with Gasteiger partial charge in [-0.2, -0.15) is 0 Å². The van der Waals surface area contributed by atoms with Crippen LogP contribution in [0.1, 0.15) is 11.3 Å². The van der Waals surface area contributed by atoms with Crippen molar-refractivity contribution in [2.24, 2.45) is 0 Å². The third-order valence-electron chi connectivity index (χ3n) is 2.40. The van der Waals surface area contributed by atoms with E-state index in [0.717, 1.165) is 27.9 Å². The molecule has 3 nitrogen and oxygen atoms in total. The fourth-order valence-electron chi connectivity index (χ4n) is 1.69. The molecule has 0 aliphatic carbocycles. The van der Waals surface area contributed by atoms with E-state index < -0.39 is 0 Å². The SMILES string of the molecule is COc1ccc2c(CO)cc(C)nc2c1. The third kappa shape index (κ3) is 1.78. The van der Waals surface area contributed by atoms with Crippen LogP contribution >= 0.6 is 0 Å². The lowest BCUT2D eigenvalue weighted by atomic mass is 10.1. The number of ether oxygens (including phenoxy) is 1. The summed E-state index contributed by atoms with van der Waals surface area (Å²) in [6.07, 6.45) is 0. The molecule has 1 heterocycles. The van der Waals surface area contributed by atoms with Crippen LogP contribution in [0.25, 0.3) is 10.9 Å². The Morgan fingerprint density at radius 2 is 2.13 bits per heavy atom. The first kappa shape index (κ1) is 9.93. The normalized spacial score (nSPS) is 10.6. The first-order valence-electron chi connectivity index (χ1n) is 4.79. The van der Waals surface area contributed by atoms with Crippen molar-refractivity contribution in [3.63, 3.8) is 0 Å². The molecule has 3 heteroatoms. The van der Waals surface area contributed by atoms with Crippen molar-refractivity contribution in [2.75, 3.05) is 7.11 Å². The molecule has 0 saturated carbocycles. The van der Waals surface area contributed by atoms with Crippen LogP contribution in [-0.4, -0.2) is 17.2 Å². The monoisotopic (exact) mass is 203 g/mol. The maximum absolute atomic E-state index is 9.23. The molecule has 1 N–H and O–H groups in total. The average molecular weight is 203 g/mol. The highest BCUT2D eigenvalue weighted by Gasteiger charge is 2.04. The highest BCUT2D eigenvalue weighted by atomic mass is 16.5. The number of aliphatic hydroxyl groups excluding tert-OH is 1. The summed E-state index contributed by atoms with van der Waals surface area (Å²) in [4.78, 5) is 4.40. The van der Waals surface area contributed by atoms with Gasteiger partial charge in [-0.05, 0) is 30.7 Å². The van der Waals surface area contributed by atoms with Gasteiger partial charge in [-0.15, -0.1) is 0 Å². The van der Waals surface area contributed by atoms with Gasteiger partial charge in [0.15, 0.2) is 0 Å². The van der Waals surface area contributed by atoms with Gasteiger partial charge in [-0.1, -0.05) is 0 Å². The largest absolute Gasteiger partial charge is 0.497 e. The third-order valence-corrected chi connectivity index (χ3v) is 2.40. The fourth-order valence-corrected chi connectivity index (χ4v) is 1.69. The number of hydrogen-bond donors (Lipinski definition) is 1. The Morgan fingerprint density at radius 1 is 1.33 bits per heavy atom. The van der Waals surface area contributed by atoms with Gasteiger partial charge >= 0.3 is 0 Å². The molecule has 0 fully saturated rings. The minimum atomic E-state index is 0.0339. The molecular weight excluding hydrogens is 190 g/mol. The molecule has 0 bridgehead atoms. The van der Waals surface area contributed by atoms with Gasteiger partial charge in [0.1, 0.15) is 5.75 Å². The zero-order valence-corrected chi connectivity index (χ0v) is 8.82. The molecule has 0 aliphatic rings. The van der Waals surface area contributed by atoms with E-state index in [4.69, 9.17) is 4.74 Å². The summed E-state index contributed by atoms with van der Waals surface area (Å²) in [7, 11) is 1.63. The van der Waals surface area contributed by atoms with Crippen LogP contribution in [0.5, 0.6) is 5.75 Å². The lowest BCUT2D eigenvalue weighted by Gasteiger charge is -2.06. The summed E-state index contributed by atoms with van der Waals surface area (Å²) in [5.41, 5.74) is 2.67. The zero-order valence-electron chi connectivity index (χ0n) is 8.82. The first-order chi connectivity index (χ1) is 7.24. The summed E-state index contributed by atoms with van der Waals surface area (Å²) in [5.74, 6) is 0.782. The van der Waals surface area contributed by atoms with Crippen LogP contribution in [0.3, 0.4) is 0 Å². The summed E-state index contributed by atoms with van der Waals surface area (Å²) >= 11 is 0. The predicted molar refractivity (Wildman–Crippen MR) is 59.0 cm³/mol. The van der Waals surface area contributed by atoms with Gasteiger partial charge in [-0.25, -0.2) is 0 Å². The quantitative estimate of drug-likeness (QED) is 0.812. The standard InChI is InChI=1S/C12H13NO2/c1-8-5-9(7-14)11-4-3-10(15-2)6-12(11)13-8/h3-6,14H,7H2,1-2H3. The number of aromatic nitrogens is 1. The second-order valence-electron chi connectivity index (χ2n) is 3.46. The molecule has 1 aromatic heterocycles. The molecule has 0 spiro atoms. The van der Waals surface area contributed by atoms with E-state index >= 15 is 0 Å². The highest BCUT2D eigenvalue weighted by molar-refractivity contribution is 5.83. The van der Waals surface area contributed by atoms with Crippen molar-refractivity contribution >= 4 is 10.9 Å². The summed E-state index contributed by atoms with van der Waals surface area (Å²) in [6.45, 7) is 1.95. The van der Waals surface area contributed by atoms with E-state index in [1.165, 1.54) is 0 Å². The lowest BCUT2D eigenvalue weighted by Crippen LogP contribution is -1.92. The summed E-state index contributed by atoms with van der Waals surface area (Å²) in [5, 5.41) is 10.2. The molecule has 15 heavy (non-hydrogen) atoms. The van der Waals surface area contributed by atoms with Gasteiger partial charge in [-0.3, -0.25) is 4.98 Å². The summed E-state index contributed by atoms with van der Waals surface area (Å²) in [6, 6.07) is 7.57. The zero-order chi connectivity index (χ0) is 10.8. The van der Waals surface area contributed by atoms with Crippen molar-refractivity contribution in [1.29, 1.82) is 0 Å². The van der Waals surface area contributed by atoms with E-state index in [2.05, 4.69) is 4.98 Å². The number of aliphatic hydroxyl groups is 1. The summed E-state index contributed by atoms with van der Waals surface area (Å²) < 4.78 is 5.13. The molecule has 0 amide bonds. The number of benzene rings is 1. The number of pyridine rings is 1. The van der Waals surface area contributed by atoms with Crippen molar-refractivity contribution in [1.82, 2.24) is 4.98 Å². The van der Waals surface area contributed by atoms with Crippen LogP contribution in [0.15, 0.2) is 24.3 Å². The molecule has 0 radical (unpaired) electrons. The fraction of sp³-hybridized carbons (Fsp3) is 0.250. The van der Waals surface area contributed by atoms with Crippen molar-refractivity contribution in [2.45, 2.75) is 13.5 Å². The Kier molecular flexibility index (Phi) is 2.56. The average Bonchev–Trinajstić information content (AvgIpc) is 2.26. The molecule has 0 aliphatic heterocycles. The second-order valence-corrected chi connectivity index (χ2v) is 3.46. The minimum absolute atomic E-state index is 0.0339. The minimum Gasteiger partial charge on any atom is -0.497 e. The second kappa shape index (κ2) is 3.87. The molecule has 2 rings (SSSR count). The van der Waals surface area contributed by atoms with Crippen LogP contribution in [0.4, 0.5) is 0 Å². The first-order valence-corrected chi connectivity index (χ1v) is 4.79. The molecule has 2 aromatic rings. The van der Waals surface area contributed by atoms with Crippen LogP contribution in [0, 0.1) is 6.92 Å². The van der Waals surface area contributed by atoms with Gasteiger partial charge in [0.05, 0.1) is 19.2 Å². The number of rotatable bonds is 2. The predicted octanol–water partition coefficient (Wildman–Crippen LogP) is 2.04. The number of aryl methyl sites for hydroxylation is 1. The van der Waals surface area contributed by atoms with E-state index in [-0.39, 0.29) is 6.61 Å². The molecular formula is C12H13NO2. The Balaban J connectivity index is 2.72. The van der Waals surface area contributed by atoms with Gasteiger partial charge in [0.2, 0.25) is 0 Å². The van der Waals surface area contributed by atoms with Crippen molar-refractivity contribution < 1.29 is 9.84 Å². The van der Waals surface area contributed by atoms with E-state index in [1.807, 2.05) is 31.2 Å². The Morgan fingerprint density at radius 3 is 2.80 bits per heavy atom. The van der Waals surface area contributed by atoms with E-state index in [1.54, 1.807) is 7.11 Å². The maximum Gasteiger partial charge on any atom is 0.121 e. The van der Waals surface area contributed by atoms with Gasteiger partial charge in [0, 0.05) is 17.1 Å². The highest BCUT2D eigenvalue weighted by Crippen LogP contribution is 2.23. The molecule has 0 saturated heterocycles. The van der Waals surface area contributed by atoms with Crippen LogP contribution in [0.2, 0.25) is 0 Å². The lowest BCUT2D eigenvalue weighted by molar-refractivity contribution is 0.283. The van der Waals surface area contributed by atoms with Gasteiger partial charge < -0.3 is 9.84 Å². The Hall–Kier alpha value is -1.61. The van der Waals surface area contributed by atoms with Crippen LogP contribution < -0.4 is 4.74 Å². The smallest absolute Gasteiger partial charge is 0.121 e. The number of hydrogen-bond acceptors (Lipinski definition) is 3. The molecule has 0 atom stereocenters. The molecule has 1 aromatic carbocycles. The topological polar surface area (TPSA) is 42.4 Å². The Labute approximate surface area is 88.3 Å². The maximum atomic E-state index is 9.23. The van der Waals surface area contributed by atoms with Crippen molar-refractivity contribution in [3.05, 3.63) is 35.5 Å². The van der Waals surface area contributed by atoms with Gasteiger partial charge in [0.25, 0.3) is 0 Å². The molecule has 0 unspecified atom stereocenters. The van der Waals surface area contributed by atoms with E-state index in [0.29, 0.717) is 0 Å². The van der Waals surface area contributed by atoms with Crippen LogP contribution in [-0.2, 0) is 6.61 Å². The van der Waals surface area contributed by atoms with E-state index in [9.17, 15) is 5.11 Å². The number of fused-ring (bicyclic) bond motifs is 1.